The van der Waals surface area contributed by atoms with Crippen molar-refractivity contribution in [3.05, 3.63) is 23.8 Å². The molecule has 1 unspecified atom stereocenters. The first kappa shape index (κ1) is 11.5. The first-order valence-corrected chi connectivity index (χ1v) is 5.68. The van der Waals surface area contributed by atoms with Crippen LogP contribution in [0.1, 0.15) is 46.0 Å². The molecule has 0 aromatic rings. The van der Waals surface area contributed by atoms with Crippen LogP contribution in [0.2, 0.25) is 0 Å². The van der Waals surface area contributed by atoms with Crippen molar-refractivity contribution in [3.63, 3.8) is 0 Å². The topological polar surface area (TPSA) is 9.23 Å². The molecule has 1 aliphatic carbocycles. The van der Waals surface area contributed by atoms with Gasteiger partial charge in [0.2, 0.25) is 0 Å². The highest BCUT2D eigenvalue weighted by Crippen LogP contribution is 2.32. The number of allylic oxidation sites excluding steroid dienone is 2. The second-order valence-corrected chi connectivity index (χ2v) is 4.13. The van der Waals surface area contributed by atoms with E-state index in [0.717, 1.165) is 12.8 Å². The van der Waals surface area contributed by atoms with Crippen LogP contribution in [0.5, 0.6) is 0 Å². The molecule has 0 fully saturated rings. The molecule has 0 amide bonds. The zero-order chi connectivity index (χ0) is 10.4. The van der Waals surface area contributed by atoms with Crippen molar-refractivity contribution in [3.8, 4) is 0 Å². The molecule has 1 aliphatic rings. The normalized spacial score (nSPS) is 26.4. The van der Waals surface area contributed by atoms with E-state index in [1.54, 1.807) is 0 Å². The molecule has 0 spiro atoms. The lowest BCUT2D eigenvalue weighted by molar-refractivity contribution is 0.0230. The molecule has 0 aromatic carbocycles. The largest absolute Gasteiger partial charge is 0.374 e. The highest BCUT2D eigenvalue weighted by atomic mass is 16.5. The number of hydrogen-bond donors (Lipinski definition) is 0. The van der Waals surface area contributed by atoms with E-state index in [4.69, 9.17) is 4.74 Å². The molecule has 0 heterocycles. The number of methoxy groups -OCH3 is 1. The molecule has 80 valence electrons. The van der Waals surface area contributed by atoms with Crippen LogP contribution in [0.25, 0.3) is 0 Å². The first-order chi connectivity index (χ1) is 6.76. The van der Waals surface area contributed by atoms with Gasteiger partial charge in [-0.05, 0) is 12.8 Å². The molecule has 0 aliphatic heterocycles. The van der Waals surface area contributed by atoms with Crippen LogP contribution in [-0.4, -0.2) is 12.7 Å². The molecule has 0 saturated carbocycles. The smallest absolute Gasteiger partial charge is 0.0898 e. The van der Waals surface area contributed by atoms with Gasteiger partial charge >= 0.3 is 0 Å². The van der Waals surface area contributed by atoms with Gasteiger partial charge in [-0.3, -0.25) is 0 Å². The van der Waals surface area contributed by atoms with E-state index in [1.165, 1.54) is 24.8 Å². The van der Waals surface area contributed by atoms with Crippen LogP contribution >= 0.6 is 0 Å². The Labute approximate surface area is 87.8 Å². The van der Waals surface area contributed by atoms with Crippen molar-refractivity contribution in [2.24, 2.45) is 0 Å². The zero-order valence-electron chi connectivity index (χ0n) is 9.68. The van der Waals surface area contributed by atoms with Gasteiger partial charge in [0.15, 0.2) is 0 Å². The van der Waals surface area contributed by atoms with Crippen LogP contribution in [0, 0.1) is 0 Å². The van der Waals surface area contributed by atoms with Gasteiger partial charge in [-0.1, -0.05) is 50.5 Å². The van der Waals surface area contributed by atoms with Crippen molar-refractivity contribution in [2.45, 2.75) is 51.6 Å². The molecule has 14 heavy (non-hydrogen) atoms. The van der Waals surface area contributed by atoms with Crippen LogP contribution in [0.15, 0.2) is 23.8 Å². The molecule has 0 radical (unpaired) electrons. The fourth-order valence-electron chi connectivity index (χ4n) is 2.19. The summed E-state index contributed by atoms with van der Waals surface area (Å²) in [4.78, 5) is 0. The fraction of sp³-hybridized carbons (Fsp3) is 0.692. The third kappa shape index (κ3) is 2.71. The maximum absolute atomic E-state index is 5.67. The quantitative estimate of drug-likeness (QED) is 0.645. The second kappa shape index (κ2) is 5.35. The Kier molecular flexibility index (Phi) is 4.40. The molecule has 0 saturated heterocycles. The zero-order valence-corrected chi connectivity index (χ0v) is 9.68. The van der Waals surface area contributed by atoms with Crippen molar-refractivity contribution in [1.82, 2.24) is 0 Å². The minimum absolute atomic E-state index is 0.00595. The van der Waals surface area contributed by atoms with Gasteiger partial charge in [0.25, 0.3) is 0 Å². The Balaban J connectivity index is 2.65. The van der Waals surface area contributed by atoms with Crippen molar-refractivity contribution < 1.29 is 4.74 Å². The summed E-state index contributed by atoms with van der Waals surface area (Å²) in [6.07, 6.45) is 12.4. The van der Waals surface area contributed by atoms with E-state index < -0.39 is 0 Å². The monoisotopic (exact) mass is 194 g/mol. The van der Waals surface area contributed by atoms with Gasteiger partial charge in [-0.25, -0.2) is 0 Å². The van der Waals surface area contributed by atoms with E-state index in [-0.39, 0.29) is 5.60 Å². The second-order valence-electron chi connectivity index (χ2n) is 4.13. The summed E-state index contributed by atoms with van der Waals surface area (Å²) < 4.78 is 5.67. The summed E-state index contributed by atoms with van der Waals surface area (Å²) in [5.41, 5.74) is 1.53. The van der Waals surface area contributed by atoms with Crippen molar-refractivity contribution in [1.29, 1.82) is 0 Å². The number of ether oxygens (including phenoxy) is 1. The molecule has 0 aromatic heterocycles. The Bertz CT molecular complexity index is 227. The summed E-state index contributed by atoms with van der Waals surface area (Å²) in [6.45, 7) is 4.44. The van der Waals surface area contributed by atoms with E-state index in [1.807, 2.05) is 7.11 Å². The summed E-state index contributed by atoms with van der Waals surface area (Å²) >= 11 is 0. The van der Waals surface area contributed by atoms with Gasteiger partial charge in [0, 0.05) is 13.5 Å². The maximum atomic E-state index is 5.67. The molecule has 1 nitrogen and oxygen atoms in total. The highest BCUT2D eigenvalue weighted by Gasteiger charge is 2.28. The fourth-order valence-corrected chi connectivity index (χ4v) is 2.19. The maximum Gasteiger partial charge on any atom is 0.0898 e. The number of hydrogen-bond acceptors (Lipinski definition) is 1. The Morgan fingerprint density at radius 2 is 2.14 bits per heavy atom. The van der Waals surface area contributed by atoms with Crippen molar-refractivity contribution >= 4 is 0 Å². The van der Waals surface area contributed by atoms with E-state index in [0.29, 0.717) is 0 Å². The summed E-state index contributed by atoms with van der Waals surface area (Å²) in [5.74, 6) is 0. The first-order valence-electron chi connectivity index (χ1n) is 5.68. The predicted molar refractivity (Wildman–Crippen MR) is 61.4 cm³/mol. The van der Waals surface area contributed by atoms with E-state index in [2.05, 4.69) is 32.1 Å². The van der Waals surface area contributed by atoms with Gasteiger partial charge in [0.1, 0.15) is 0 Å². The lowest BCUT2D eigenvalue weighted by Crippen LogP contribution is -2.30. The molecular formula is C13H22O. The predicted octanol–water partition coefficient (Wildman–Crippen LogP) is 3.86. The van der Waals surface area contributed by atoms with Gasteiger partial charge in [-0.2, -0.15) is 0 Å². The standard InChI is InChI=1S/C13H22O/c1-4-7-12-8-6-10-13(11-12,14-3)9-5-2/h6,8,10H,4-5,7,9,11H2,1-3H3. The van der Waals surface area contributed by atoms with Crippen LogP contribution in [0.3, 0.4) is 0 Å². The molecule has 1 atom stereocenters. The van der Waals surface area contributed by atoms with Gasteiger partial charge in [-0.15, -0.1) is 0 Å². The molecule has 0 N–H and O–H groups in total. The van der Waals surface area contributed by atoms with E-state index >= 15 is 0 Å². The van der Waals surface area contributed by atoms with Crippen LogP contribution in [-0.2, 0) is 4.74 Å². The van der Waals surface area contributed by atoms with Gasteiger partial charge in [0.05, 0.1) is 5.60 Å². The minimum Gasteiger partial charge on any atom is -0.374 e. The van der Waals surface area contributed by atoms with Crippen molar-refractivity contribution in [2.75, 3.05) is 7.11 Å². The minimum atomic E-state index is -0.00595. The summed E-state index contributed by atoms with van der Waals surface area (Å²) in [7, 11) is 1.83. The van der Waals surface area contributed by atoms with E-state index in [9.17, 15) is 0 Å². The van der Waals surface area contributed by atoms with Crippen LogP contribution in [0.4, 0.5) is 0 Å². The molecule has 1 rings (SSSR count). The Morgan fingerprint density at radius 1 is 1.36 bits per heavy atom. The lowest BCUT2D eigenvalue weighted by Gasteiger charge is -2.32. The third-order valence-electron chi connectivity index (χ3n) is 2.91. The Morgan fingerprint density at radius 3 is 2.71 bits per heavy atom. The highest BCUT2D eigenvalue weighted by molar-refractivity contribution is 5.25. The molecular weight excluding hydrogens is 172 g/mol. The molecule has 1 heteroatoms. The van der Waals surface area contributed by atoms with Crippen LogP contribution < -0.4 is 0 Å². The SMILES string of the molecule is CCCC1=CC=CC(CCC)(OC)C1. The average molecular weight is 194 g/mol. The third-order valence-corrected chi connectivity index (χ3v) is 2.91. The van der Waals surface area contributed by atoms with Gasteiger partial charge < -0.3 is 4.74 Å². The summed E-state index contributed by atoms with van der Waals surface area (Å²) in [5, 5.41) is 0. The summed E-state index contributed by atoms with van der Waals surface area (Å²) in [6, 6.07) is 0. The number of rotatable bonds is 5. The lowest BCUT2D eigenvalue weighted by atomic mass is 9.84. The molecule has 0 bridgehead atoms. The Hall–Kier alpha value is -0.560. The average Bonchev–Trinajstić information content (AvgIpc) is 2.19.